The van der Waals surface area contributed by atoms with Crippen LogP contribution in [0.3, 0.4) is 0 Å². The van der Waals surface area contributed by atoms with Gasteiger partial charge >= 0.3 is 5.97 Å². The van der Waals surface area contributed by atoms with Gasteiger partial charge in [0.2, 0.25) is 15.9 Å². The molecule has 0 aliphatic carbocycles. The van der Waals surface area contributed by atoms with Crippen LogP contribution in [-0.4, -0.2) is 44.8 Å². The number of methoxy groups -OCH3 is 1. The molecule has 4 unspecified atom stereocenters. The van der Waals surface area contributed by atoms with Gasteiger partial charge in [-0.15, -0.1) is 0 Å². The summed E-state index contributed by atoms with van der Waals surface area (Å²) < 4.78 is 34.5. The lowest BCUT2D eigenvalue weighted by Gasteiger charge is -2.30. The van der Waals surface area contributed by atoms with E-state index in [1.165, 1.54) is 30.6 Å². The molecule has 0 spiro atoms. The summed E-state index contributed by atoms with van der Waals surface area (Å²) in [4.78, 5) is 26.7. The Morgan fingerprint density at radius 1 is 0.824 bits per heavy atom. The van der Waals surface area contributed by atoms with Crippen molar-refractivity contribution in [1.29, 1.82) is 0 Å². The monoisotopic (exact) mass is 478 g/mol. The highest BCUT2D eigenvalue weighted by Gasteiger charge is 2.60. The number of ether oxygens (including phenoxy) is 1. The van der Waals surface area contributed by atoms with Crippen molar-refractivity contribution in [1.82, 2.24) is 9.62 Å². The smallest absolute Gasteiger partial charge is 0.311 e. The molecule has 0 saturated carbocycles. The molecule has 34 heavy (non-hydrogen) atoms. The molecule has 4 atom stereocenters. The van der Waals surface area contributed by atoms with Crippen LogP contribution in [0.4, 0.5) is 0 Å². The minimum atomic E-state index is -4.19. The van der Waals surface area contributed by atoms with Gasteiger partial charge in [-0.3, -0.25) is 9.59 Å². The van der Waals surface area contributed by atoms with E-state index < -0.39 is 45.8 Å². The number of hydrogen-bond acceptors (Lipinski definition) is 5. The first kappa shape index (κ1) is 23.7. The standard InChI is InChI=1S/C26H26N2O5S/c1-27-25(29)24-21(18-12-6-3-7-13-18)22(26(30)33-2)23(19-14-8-4-9-15-19)28(24)34(31,32)20-16-10-5-11-17-20/h3-17,21-24H,1-2H3,(H,27,29). The zero-order valence-corrected chi connectivity index (χ0v) is 19.7. The highest BCUT2D eigenvalue weighted by Crippen LogP contribution is 2.52. The maximum absolute atomic E-state index is 14.1. The molecular formula is C26H26N2O5S. The van der Waals surface area contributed by atoms with Gasteiger partial charge in [0.1, 0.15) is 6.04 Å². The highest BCUT2D eigenvalue weighted by molar-refractivity contribution is 7.89. The number of sulfonamides is 1. The average molecular weight is 479 g/mol. The number of nitrogens with one attached hydrogen (secondary N) is 1. The molecule has 176 valence electrons. The molecule has 8 heteroatoms. The lowest BCUT2D eigenvalue weighted by Crippen LogP contribution is -2.47. The Kier molecular flexibility index (Phi) is 6.81. The normalized spacial score (nSPS) is 22.8. The zero-order valence-electron chi connectivity index (χ0n) is 18.9. The van der Waals surface area contributed by atoms with Crippen LogP contribution in [0.5, 0.6) is 0 Å². The summed E-state index contributed by atoms with van der Waals surface area (Å²) in [6.45, 7) is 0. The fourth-order valence-corrected chi connectivity index (χ4v) is 6.63. The largest absolute Gasteiger partial charge is 0.469 e. The van der Waals surface area contributed by atoms with E-state index in [1.807, 2.05) is 12.1 Å². The lowest BCUT2D eigenvalue weighted by molar-refractivity contribution is -0.146. The summed E-state index contributed by atoms with van der Waals surface area (Å²) in [6.07, 6.45) is 0. The molecule has 1 aliphatic rings. The Morgan fingerprint density at radius 2 is 1.32 bits per heavy atom. The number of carbonyl (C=O) groups is 2. The van der Waals surface area contributed by atoms with Crippen molar-refractivity contribution in [3.05, 3.63) is 102 Å². The second kappa shape index (κ2) is 9.79. The molecule has 0 radical (unpaired) electrons. The SMILES string of the molecule is CNC(=O)C1C(c2ccccc2)C(C(=O)OC)C(c2ccccc2)N1S(=O)(=O)c1ccccc1. The highest BCUT2D eigenvalue weighted by atomic mass is 32.2. The minimum absolute atomic E-state index is 0.0437. The van der Waals surface area contributed by atoms with E-state index in [-0.39, 0.29) is 4.90 Å². The predicted molar refractivity (Wildman–Crippen MR) is 127 cm³/mol. The van der Waals surface area contributed by atoms with Crippen LogP contribution in [0, 0.1) is 5.92 Å². The molecule has 3 aromatic rings. The summed E-state index contributed by atoms with van der Waals surface area (Å²) in [5.74, 6) is -2.80. The summed E-state index contributed by atoms with van der Waals surface area (Å²) in [5, 5.41) is 2.61. The zero-order chi connectivity index (χ0) is 24.3. The Morgan fingerprint density at radius 3 is 1.82 bits per heavy atom. The van der Waals surface area contributed by atoms with Gasteiger partial charge in [-0.25, -0.2) is 8.42 Å². The van der Waals surface area contributed by atoms with Gasteiger partial charge in [-0.1, -0.05) is 78.9 Å². The Bertz CT molecular complexity index is 1250. The van der Waals surface area contributed by atoms with E-state index in [9.17, 15) is 18.0 Å². The average Bonchev–Trinajstić information content (AvgIpc) is 3.26. The van der Waals surface area contributed by atoms with Crippen LogP contribution in [0.2, 0.25) is 0 Å². The number of nitrogens with zero attached hydrogens (tertiary/aromatic N) is 1. The summed E-state index contributed by atoms with van der Waals surface area (Å²) in [6, 6.07) is 23.8. The quantitative estimate of drug-likeness (QED) is 0.550. The molecule has 4 rings (SSSR count). The van der Waals surface area contributed by atoms with Crippen LogP contribution in [0.15, 0.2) is 95.9 Å². The van der Waals surface area contributed by atoms with Gasteiger partial charge in [0, 0.05) is 13.0 Å². The predicted octanol–water partition coefficient (Wildman–Crippen LogP) is 3.12. The Balaban J connectivity index is 2.04. The van der Waals surface area contributed by atoms with Crippen LogP contribution < -0.4 is 5.32 Å². The molecule has 1 aliphatic heterocycles. The van der Waals surface area contributed by atoms with Gasteiger partial charge in [0.25, 0.3) is 0 Å². The molecule has 1 heterocycles. The molecule has 7 nitrogen and oxygen atoms in total. The third-order valence-electron chi connectivity index (χ3n) is 6.25. The fourth-order valence-electron chi connectivity index (χ4n) is 4.80. The topological polar surface area (TPSA) is 92.8 Å². The van der Waals surface area contributed by atoms with E-state index in [2.05, 4.69) is 5.32 Å². The second-order valence-electron chi connectivity index (χ2n) is 8.05. The minimum Gasteiger partial charge on any atom is -0.469 e. The molecular weight excluding hydrogens is 452 g/mol. The van der Waals surface area contributed by atoms with Gasteiger partial charge < -0.3 is 10.1 Å². The van der Waals surface area contributed by atoms with E-state index in [4.69, 9.17) is 4.74 Å². The van der Waals surface area contributed by atoms with E-state index >= 15 is 0 Å². The first-order chi connectivity index (χ1) is 16.4. The Labute approximate surface area is 199 Å². The number of hydrogen-bond donors (Lipinski definition) is 1. The molecule has 0 aromatic heterocycles. The summed E-state index contributed by atoms with van der Waals surface area (Å²) >= 11 is 0. The van der Waals surface area contributed by atoms with Gasteiger partial charge in [0.05, 0.1) is 24.0 Å². The molecule has 3 aromatic carbocycles. The van der Waals surface area contributed by atoms with Gasteiger partial charge in [0.15, 0.2) is 0 Å². The summed E-state index contributed by atoms with van der Waals surface area (Å²) in [7, 11) is -1.46. The molecule has 1 N–H and O–H groups in total. The van der Waals surface area contributed by atoms with Gasteiger partial charge in [-0.05, 0) is 23.3 Å². The van der Waals surface area contributed by atoms with Crippen molar-refractivity contribution in [3.63, 3.8) is 0 Å². The maximum atomic E-state index is 14.1. The molecule has 1 amide bonds. The van der Waals surface area contributed by atoms with Gasteiger partial charge in [-0.2, -0.15) is 4.31 Å². The molecule has 0 bridgehead atoms. The van der Waals surface area contributed by atoms with E-state index in [0.717, 1.165) is 0 Å². The third kappa shape index (κ3) is 4.10. The van der Waals surface area contributed by atoms with Crippen molar-refractivity contribution in [2.45, 2.75) is 22.9 Å². The van der Waals surface area contributed by atoms with E-state index in [0.29, 0.717) is 11.1 Å². The van der Waals surface area contributed by atoms with Crippen LogP contribution >= 0.6 is 0 Å². The lowest BCUT2D eigenvalue weighted by atomic mass is 9.80. The second-order valence-corrected chi connectivity index (χ2v) is 9.89. The maximum Gasteiger partial charge on any atom is 0.311 e. The van der Waals surface area contributed by atoms with Crippen LogP contribution in [0.1, 0.15) is 23.1 Å². The van der Waals surface area contributed by atoms with Crippen molar-refractivity contribution in [2.24, 2.45) is 5.92 Å². The molecule has 1 fully saturated rings. The first-order valence-electron chi connectivity index (χ1n) is 10.9. The van der Waals surface area contributed by atoms with Crippen molar-refractivity contribution in [2.75, 3.05) is 14.2 Å². The summed E-state index contributed by atoms with van der Waals surface area (Å²) in [5.41, 5.74) is 1.28. The number of carbonyl (C=O) groups excluding carboxylic acids is 2. The van der Waals surface area contributed by atoms with Crippen LogP contribution in [0.25, 0.3) is 0 Å². The fraction of sp³-hybridized carbons (Fsp3) is 0.231. The Hall–Kier alpha value is -3.49. The van der Waals surface area contributed by atoms with E-state index in [1.54, 1.807) is 66.7 Å². The van der Waals surface area contributed by atoms with Crippen molar-refractivity contribution in [3.8, 4) is 0 Å². The number of amides is 1. The number of rotatable bonds is 6. The third-order valence-corrected chi connectivity index (χ3v) is 8.13. The van der Waals surface area contributed by atoms with Crippen LogP contribution in [-0.2, 0) is 24.3 Å². The first-order valence-corrected chi connectivity index (χ1v) is 12.3. The van der Waals surface area contributed by atoms with Crippen molar-refractivity contribution >= 4 is 21.9 Å². The number of benzene rings is 3. The number of esters is 1. The molecule has 1 saturated heterocycles. The number of likely N-dealkylation sites (N-methyl/N-ethyl adjacent to an activating group) is 1. The van der Waals surface area contributed by atoms with Crippen molar-refractivity contribution < 1.29 is 22.7 Å².